The van der Waals surface area contributed by atoms with E-state index in [0.717, 1.165) is 31.4 Å². The van der Waals surface area contributed by atoms with Crippen LogP contribution in [-0.4, -0.2) is 68.6 Å². The molecule has 0 aliphatic carbocycles. The number of likely N-dealkylation sites (tertiary alicyclic amines) is 1. The number of methoxy groups -OCH3 is 2. The monoisotopic (exact) mass is 503 g/mol. The van der Waals surface area contributed by atoms with Crippen LogP contribution in [0, 0.1) is 11.7 Å². The minimum atomic E-state index is -0.553. The number of rotatable bonds is 7. The van der Waals surface area contributed by atoms with Gasteiger partial charge in [0.2, 0.25) is 5.91 Å². The Hall–Kier alpha value is -2.84. The van der Waals surface area contributed by atoms with E-state index in [4.69, 9.17) is 21.1 Å². The minimum absolute atomic E-state index is 0.0583. The molecule has 0 radical (unpaired) electrons. The molecule has 2 aliphatic rings. The van der Waals surface area contributed by atoms with E-state index >= 15 is 0 Å². The molecule has 4 rings (SSSR count). The quantitative estimate of drug-likeness (QED) is 0.626. The van der Waals surface area contributed by atoms with Crippen molar-refractivity contribution in [3.8, 4) is 11.5 Å². The average Bonchev–Trinajstić information content (AvgIpc) is 2.88. The van der Waals surface area contributed by atoms with Gasteiger partial charge in [-0.3, -0.25) is 9.59 Å². The molecule has 1 fully saturated rings. The number of ether oxygens (including phenoxy) is 2. The van der Waals surface area contributed by atoms with Gasteiger partial charge in [-0.2, -0.15) is 0 Å². The maximum absolute atomic E-state index is 13.3. The third-order valence-electron chi connectivity index (χ3n) is 6.78. The minimum Gasteiger partial charge on any atom is -0.493 e. The Bertz CT molecular complexity index is 1100. The molecule has 0 saturated carbocycles. The summed E-state index contributed by atoms with van der Waals surface area (Å²) in [5.74, 6) is 0.661. The predicted molar refractivity (Wildman–Crippen MR) is 132 cm³/mol. The first-order valence-electron chi connectivity index (χ1n) is 11.9. The summed E-state index contributed by atoms with van der Waals surface area (Å²) in [5, 5.41) is 2.78. The molecule has 2 aromatic carbocycles. The lowest BCUT2D eigenvalue weighted by Crippen LogP contribution is -2.47. The van der Waals surface area contributed by atoms with Crippen LogP contribution >= 0.6 is 11.6 Å². The zero-order valence-electron chi connectivity index (χ0n) is 20.1. The highest BCUT2D eigenvalue weighted by Gasteiger charge is 2.31. The van der Waals surface area contributed by atoms with Gasteiger partial charge in [-0.05, 0) is 67.3 Å². The fourth-order valence-corrected chi connectivity index (χ4v) is 5.04. The van der Waals surface area contributed by atoms with Crippen molar-refractivity contribution in [3.05, 3.63) is 57.9 Å². The van der Waals surface area contributed by atoms with E-state index in [9.17, 15) is 14.0 Å². The van der Waals surface area contributed by atoms with Gasteiger partial charge >= 0.3 is 0 Å². The van der Waals surface area contributed by atoms with E-state index in [0.29, 0.717) is 49.8 Å². The van der Waals surface area contributed by atoms with Gasteiger partial charge in [0.15, 0.2) is 11.5 Å². The van der Waals surface area contributed by atoms with Gasteiger partial charge in [0.05, 0.1) is 25.2 Å². The molecule has 1 atom stereocenters. The molecule has 2 aromatic rings. The van der Waals surface area contributed by atoms with E-state index < -0.39 is 5.82 Å². The second-order valence-electron chi connectivity index (χ2n) is 9.01. The van der Waals surface area contributed by atoms with Crippen LogP contribution in [0.1, 0.15) is 34.3 Å². The number of piperidine rings is 1. The number of fused-ring (bicyclic) bond motifs is 1. The van der Waals surface area contributed by atoms with Crippen molar-refractivity contribution < 1.29 is 23.5 Å². The van der Waals surface area contributed by atoms with Gasteiger partial charge in [-0.25, -0.2) is 4.39 Å². The van der Waals surface area contributed by atoms with Crippen LogP contribution in [0.15, 0.2) is 30.3 Å². The van der Waals surface area contributed by atoms with E-state index in [2.05, 4.69) is 10.2 Å². The fourth-order valence-electron chi connectivity index (χ4n) is 4.86. The van der Waals surface area contributed by atoms with Gasteiger partial charge in [-0.15, -0.1) is 0 Å². The van der Waals surface area contributed by atoms with Crippen LogP contribution in [-0.2, 0) is 17.8 Å². The lowest BCUT2D eigenvalue weighted by atomic mass is 9.93. The third kappa shape index (κ3) is 5.87. The summed E-state index contributed by atoms with van der Waals surface area (Å²) in [6, 6.07) is 7.90. The van der Waals surface area contributed by atoms with Crippen molar-refractivity contribution >= 4 is 23.4 Å². The standard InChI is InChI=1S/C26H31ClFN3O4/c1-34-23-13-17-7-10-31(16-20(17)14-24(23)35-2)26(33)19-4-3-9-30(15-19)11-8-29-25(32)18-5-6-22(28)21(27)12-18/h5-6,12-14,19H,3-4,7-11,15-16H2,1-2H3,(H,29,32). The molecular formula is C26H31ClFN3O4. The number of carbonyl (C=O) groups excluding carboxylic acids is 2. The molecular weight excluding hydrogens is 473 g/mol. The molecule has 2 aliphatic heterocycles. The highest BCUT2D eigenvalue weighted by Crippen LogP contribution is 2.34. The van der Waals surface area contributed by atoms with Crippen molar-refractivity contribution in [1.29, 1.82) is 0 Å². The largest absolute Gasteiger partial charge is 0.493 e. The van der Waals surface area contributed by atoms with Crippen LogP contribution < -0.4 is 14.8 Å². The lowest BCUT2D eigenvalue weighted by Gasteiger charge is -2.37. The number of hydrogen-bond acceptors (Lipinski definition) is 5. The van der Waals surface area contributed by atoms with E-state index in [1.54, 1.807) is 14.2 Å². The molecule has 7 nitrogen and oxygen atoms in total. The summed E-state index contributed by atoms with van der Waals surface area (Å²) < 4.78 is 24.2. The topological polar surface area (TPSA) is 71.1 Å². The number of benzene rings is 2. The van der Waals surface area contributed by atoms with Crippen LogP contribution in [0.25, 0.3) is 0 Å². The summed E-state index contributed by atoms with van der Waals surface area (Å²) in [6.07, 6.45) is 2.59. The second-order valence-corrected chi connectivity index (χ2v) is 9.42. The fraction of sp³-hybridized carbons (Fsp3) is 0.462. The van der Waals surface area contributed by atoms with Crippen molar-refractivity contribution in [1.82, 2.24) is 15.1 Å². The number of nitrogens with zero attached hydrogens (tertiary/aromatic N) is 2. The van der Waals surface area contributed by atoms with E-state index in [1.165, 1.54) is 23.8 Å². The summed E-state index contributed by atoms with van der Waals surface area (Å²) in [6.45, 7) is 3.90. The Morgan fingerprint density at radius 2 is 1.86 bits per heavy atom. The van der Waals surface area contributed by atoms with Gasteiger partial charge in [0, 0.05) is 38.3 Å². The second kappa shape index (κ2) is 11.3. The van der Waals surface area contributed by atoms with E-state index in [-0.39, 0.29) is 22.8 Å². The Morgan fingerprint density at radius 1 is 1.11 bits per heavy atom. The highest BCUT2D eigenvalue weighted by atomic mass is 35.5. The molecule has 2 heterocycles. The van der Waals surface area contributed by atoms with Crippen LogP contribution in [0.3, 0.4) is 0 Å². The molecule has 35 heavy (non-hydrogen) atoms. The normalized spacial score (nSPS) is 18.1. The number of nitrogens with one attached hydrogen (secondary N) is 1. The Kier molecular flexibility index (Phi) is 8.13. The number of halogens is 2. The first-order valence-corrected chi connectivity index (χ1v) is 12.3. The average molecular weight is 504 g/mol. The molecule has 1 saturated heterocycles. The first-order chi connectivity index (χ1) is 16.9. The zero-order valence-corrected chi connectivity index (χ0v) is 20.9. The maximum atomic E-state index is 13.3. The summed E-state index contributed by atoms with van der Waals surface area (Å²) in [5.41, 5.74) is 2.61. The molecule has 9 heteroatoms. The molecule has 1 N–H and O–H groups in total. The third-order valence-corrected chi connectivity index (χ3v) is 7.07. The van der Waals surface area contributed by atoms with Gasteiger partial charge < -0.3 is 24.6 Å². The molecule has 0 bridgehead atoms. The maximum Gasteiger partial charge on any atom is 0.251 e. The predicted octanol–water partition coefficient (Wildman–Crippen LogP) is 3.52. The summed E-state index contributed by atoms with van der Waals surface area (Å²) in [7, 11) is 3.24. The molecule has 2 amide bonds. The Balaban J connectivity index is 1.30. The zero-order chi connectivity index (χ0) is 24.9. The Morgan fingerprint density at radius 3 is 2.57 bits per heavy atom. The number of carbonyl (C=O) groups is 2. The van der Waals surface area contributed by atoms with Gasteiger partial charge in [-0.1, -0.05) is 11.6 Å². The van der Waals surface area contributed by atoms with Crippen LogP contribution in [0.5, 0.6) is 11.5 Å². The SMILES string of the molecule is COc1cc2c(cc1OC)CN(C(=O)C1CCCN(CCNC(=O)c3ccc(F)c(Cl)c3)C1)CC2. The van der Waals surface area contributed by atoms with E-state index in [1.807, 2.05) is 17.0 Å². The van der Waals surface area contributed by atoms with Crippen LogP contribution in [0.2, 0.25) is 5.02 Å². The smallest absolute Gasteiger partial charge is 0.251 e. The van der Waals surface area contributed by atoms with Gasteiger partial charge in [0.1, 0.15) is 5.82 Å². The van der Waals surface area contributed by atoms with Crippen LogP contribution in [0.4, 0.5) is 4.39 Å². The highest BCUT2D eigenvalue weighted by molar-refractivity contribution is 6.31. The van der Waals surface area contributed by atoms with Crippen molar-refractivity contribution in [3.63, 3.8) is 0 Å². The number of amides is 2. The molecule has 1 unspecified atom stereocenters. The molecule has 0 aromatic heterocycles. The molecule has 0 spiro atoms. The lowest BCUT2D eigenvalue weighted by molar-refractivity contribution is -0.138. The Labute approximate surface area is 210 Å². The van der Waals surface area contributed by atoms with Crippen molar-refractivity contribution in [2.45, 2.75) is 25.8 Å². The summed E-state index contributed by atoms with van der Waals surface area (Å²) in [4.78, 5) is 29.8. The first kappa shape index (κ1) is 25.3. The van der Waals surface area contributed by atoms with Crippen molar-refractivity contribution in [2.75, 3.05) is 46.9 Å². The van der Waals surface area contributed by atoms with Crippen molar-refractivity contribution in [2.24, 2.45) is 5.92 Å². The van der Waals surface area contributed by atoms with Gasteiger partial charge in [0.25, 0.3) is 5.91 Å². The molecule has 188 valence electrons. The summed E-state index contributed by atoms with van der Waals surface area (Å²) >= 11 is 5.77. The number of hydrogen-bond donors (Lipinski definition) is 1.